The highest BCUT2D eigenvalue weighted by atomic mass is 19.1. The third-order valence-corrected chi connectivity index (χ3v) is 3.10. The highest BCUT2D eigenvalue weighted by Gasteiger charge is 2.45. The Bertz CT molecular complexity index is 164. The fourth-order valence-corrected chi connectivity index (χ4v) is 1.92. The molecular formula is C9H16FNO. The van der Waals surface area contributed by atoms with Gasteiger partial charge in [-0.15, -0.1) is 0 Å². The molecule has 2 rings (SSSR count). The monoisotopic (exact) mass is 173 g/mol. The fourth-order valence-electron chi connectivity index (χ4n) is 1.92. The van der Waals surface area contributed by atoms with Crippen LogP contribution in [-0.2, 0) is 0 Å². The predicted octanol–water partition coefficient (Wildman–Crippen LogP) is 0.660. The molecule has 2 aliphatic rings. The predicted molar refractivity (Wildman–Crippen MR) is 44.7 cm³/mol. The summed E-state index contributed by atoms with van der Waals surface area (Å²) in [4.78, 5) is 2.26. The van der Waals surface area contributed by atoms with Gasteiger partial charge >= 0.3 is 0 Å². The second-order valence-corrected chi connectivity index (χ2v) is 4.37. The number of alkyl halides is 1. The molecule has 2 fully saturated rings. The molecule has 3 heteroatoms. The lowest BCUT2D eigenvalue weighted by Gasteiger charge is -2.39. The number of halogens is 1. The highest BCUT2D eigenvalue weighted by Crippen LogP contribution is 2.46. The van der Waals surface area contributed by atoms with Crippen molar-refractivity contribution in [3.05, 3.63) is 0 Å². The van der Waals surface area contributed by atoms with Crippen LogP contribution in [0.1, 0.15) is 12.8 Å². The fraction of sp³-hybridized carbons (Fsp3) is 1.00. The van der Waals surface area contributed by atoms with Crippen LogP contribution in [0.25, 0.3) is 0 Å². The Morgan fingerprint density at radius 2 is 2.08 bits per heavy atom. The smallest absolute Gasteiger partial charge is 0.0947 e. The van der Waals surface area contributed by atoms with Crippen molar-refractivity contribution in [2.45, 2.75) is 12.8 Å². The molecular weight excluding hydrogens is 157 g/mol. The van der Waals surface area contributed by atoms with Crippen LogP contribution in [0.3, 0.4) is 0 Å². The lowest BCUT2D eigenvalue weighted by Crippen LogP contribution is -2.50. The van der Waals surface area contributed by atoms with Gasteiger partial charge in [-0.1, -0.05) is 0 Å². The van der Waals surface area contributed by atoms with E-state index in [1.54, 1.807) is 0 Å². The molecule has 0 aromatic carbocycles. The van der Waals surface area contributed by atoms with Crippen molar-refractivity contribution in [3.63, 3.8) is 0 Å². The van der Waals surface area contributed by atoms with Crippen molar-refractivity contribution in [1.29, 1.82) is 0 Å². The van der Waals surface area contributed by atoms with E-state index in [2.05, 4.69) is 4.90 Å². The van der Waals surface area contributed by atoms with E-state index in [4.69, 9.17) is 5.11 Å². The first kappa shape index (κ1) is 8.45. The van der Waals surface area contributed by atoms with Gasteiger partial charge in [0.2, 0.25) is 0 Å². The van der Waals surface area contributed by atoms with Gasteiger partial charge in [-0.05, 0) is 12.8 Å². The van der Waals surface area contributed by atoms with E-state index in [9.17, 15) is 4.39 Å². The highest BCUT2D eigenvalue weighted by molar-refractivity contribution is 4.97. The van der Waals surface area contributed by atoms with E-state index < -0.39 is 0 Å². The molecule has 0 aromatic rings. The largest absolute Gasteiger partial charge is 0.396 e. The molecule has 0 atom stereocenters. The third kappa shape index (κ3) is 1.48. The molecule has 1 heterocycles. The minimum atomic E-state index is -0.178. The molecule has 0 aromatic heterocycles. The van der Waals surface area contributed by atoms with Crippen LogP contribution in [0.4, 0.5) is 4.39 Å². The lowest BCUT2D eigenvalue weighted by atomic mass is 9.98. The summed E-state index contributed by atoms with van der Waals surface area (Å²) < 4.78 is 12.1. The normalized spacial score (nSPS) is 28.5. The Balaban J connectivity index is 1.69. The van der Waals surface area contributed by atoms with Crippen LogP contribution in [0.5, 0.6) is 0 Å². The first-order valence-corrected chi connectivity index (χ1v) is 4.67. The first-order valence-electron chi connectivity index (χ1n) is 4.67. The van der Waals surface area contributed by atoms with Gasteiger partial charge in [0.05, 0.1) is 6.67 Å². The third-order valence-electron chi connectivity index (χ3n) is 3.10. The van der Waals surface area contributed by atoms with Crippen LogP contribution in [0.2, 0.25) is 0 Å². The van der Waals surface area contributed by atoms with Crippen molar-refractivity contribution >= 4 is 0 Å². The molecule has 1 N–H and O–H groups in total. The van der Waals surface area contributed by atoms with E-state index in [-0.39, 0.29) is 18.0 Å². The quantitative estimate of drug-likeness (QED) is 0.675. The summed E-state index contributed by atoms with van der Waals surface area (Å²) in [5.41, 5.74) is 0.210. The summed E-state index contributed by atoms with van der Waals surface area (Å²) in [6, 6.07) is 0. The minimum Gasteiger partial charge on any atom is -0.396 e. The summed E-state index contributed by atoms with van der Waals surface area (Å²) in [7, 11) is 0. The topological polar surface area (TPSA) is 23.5 Å². The number of likely N-dealkylation sites (tertiary alicyclic amines) is 1. The number of hydrogen-bond donors (Lipinski definition) is 1. The van der Waals surface area contributed by atoms with Crippen LogP contribution in [-0.4, -0.2) is 42.9 Å². The lowest BCUT2D eigenvalue weighted by molar-refractivity contribution is 0.0456. The molecule has 0 amide bonds. The maximum Gasteiger partial charge on any atom is 0.0947 e. The molecule has 0 spiro atoms. The van der Waals surface area contributed by atoms with Crippen LogP contribution < -0.4 is 0 Å². The van der Waals surface area contributed by atoms with E-state index in [1.807, 2.05) is 0 Å². The first-order chi connectivity index (χ1) is 5.78. The molecule has 2 nitrogen and oxygen atoms in total. The van der Waals surface area contributed by atoms with Gasteiger partial charge in [0, 0.05) is 37.6 Å². The summed E-state index contributed by atoms with van der Waals surface area (Å²) in [5.74, 6) is 0.277. The van der Waals surface area contributed by atoms with E-state index in [0.717, 1.165) is 32.5 Å². The molecule has 12 heavy (non-hydrogen) atoms. The van der Waals surface area contributed by atoms with Gasteiger partial charge in [-0.2, -0.15) is 0 Å². The zero-order valence-electron chi connectivity index (χ0n) is 7.30. The Kier molecular flexibility index (Phi) is 2.09. The summed E-state index contributed by atoms with van der Waals surface area (Å²) in [5, 5.41) is 9.05. The Labute approximate surface area is 72.4 Å². The Hall–Kier alpha value is -0.150. The Morgan fingerprint density at radius 3 is 2.50 bits per heavy atom. The maximum absolute atomic E-state index is 12.1. The molecule has 1 aliphatic heterocycles. The van der Waals surface area contributed by atoms with Gasteiger partial charge < -0.3 is 10.0 Å². The molecule has 1 aliphatic carbocycles. The number of nitrogens with zero attached hydrogens (tertiary/aromatic N) is 1. The van der Waals surface area contributed by atoms with Crippen molar-refractivity contribution in [2.24, 2.45) is 11.3 Å². The summed E-state index contributed by atoms with van der Waals surface area (Å²) in [6.07, 6.45) is 2.31. The minimum absolute atomic E-state index is 0.178. The van der Waals surface area contributed by atoms with Crippen molar-refractivity contribution < 1.29 is 9.50 Å². The number of hydrogen-bond acceptors (Lipinski definition) is 2. The van der Waals surface area contributed by atoms with Crippen LogP contribution in [0, 0.1) is 11.3 Å². The molecule has 0 bridgehead atoms. The van der Waals surface area contributed by atoms with Crippen LogP contribution in [0.15, 0.2) is 0 Å². The zero-order chi connectivity index (χ0) is 8.60. The van der Waals surface area contributed by atoms with Crippen LogP contribution >= 0.6 is 0 Å². The van der Waals surface area contributed by atoms with Crippen molar-refractivity contribution in [1.82, 2.24) is 4.90 Å². The molecule has 0 unspecified atom stereocenters. The Morgan fingerprint density at radius 1 is 1.42 bits per heavy atom. The van der Waals surface area contributed by atoms with Crippen molar-refractivity contribution in [2.75, 3.05) is 32.9 Å². The second-order valence-electron chi connectivity index (χ2n) is 4.37. The van der Waals surface area contributed by atoms with E-state index >= 15 is 0 Å². The van der Waals surface area contributed by atoms with Gasteiger partial charge in [0.15, 0.2) is 0 Å². The van der Waals surface area contributed by atoms with Crippen molar-refractivity contribution in [3.8, 4) is 0 Å². The molecule has 1 saturated carbocycles. The number of rotatable bonds is 4. The number of aliphatic hydroxyl groups excluding tert-OH is 1. The maximum atomic E-state index is 12.1. The SMILES string of the molecule is OCC1(CN2CC(CF)C2)CC1. The summed E-state index contributed by atoms with van der Waals surface area (Å²) in [6.45, 7) is 2.92. The van der Waals surface area contributed by atoms with Gasteiger partial charge in [-0.3, -0.25) is 4.39 Å². The number of aliphatic hydroxyl groups is 1. The van der Waals surface area contributed by atoms with E-state index in [0.29, 0.717) is 6.61 Å². The molecule has 1 saturated heterocycles. The second kappa shape index (κ2) is 2.96. The van der Waals surface area contributed by atoms with E-state index in [1.165, 1.54) is 0 Å². The average molecular weight is 173 g/mol. The molecule has 0 radical (unpaired) electrons. The standard InChI is InChI=1S/C9H16FNO/c10-3-8-4-11(5-8)6-9(7-12)1-2-9/h8,12H,1-7H2. The summed E-state index contributed by atoms with van der Waals surface area (Å²) >= 11 is 0. The zero-order valence-corrected chi connectivity index (χ0v) is 7.30. The average Bonchev–Trinajstić information content (AvgIpc) is 2.77. The van der Waals surface area contributed by atoms with Gasteiger partial charge in [-0.25, -0.2) is 0 Å². The van der Waals surface area contributed by atoms with Gasteiger partial charge in [0.1, 0.15) is 0 Å². The molecule has 70 valence electrons. The van der Waals surface area contributed by atoms with Gasteiger partial charge in [0.25, 0.3) is 0 Å².